The zero-order valence-electron chi connectivity index (χ0n) is 15.4. The maximum atomic E-state index is 14.2. The minimum Gasteiger partial charge on any atom is -0.492 e. The monoisotopic (exact) mass is 393 g/mol. The molecule has 29 heavy (non-hydrogen) atoms. The van der Waals surface area contributed by atoms with Crippen LogP contribution in [-0.2, 0) is 6.42 Å². The molecule has 0 saturated carbocycles. The number of anilines is 2. The summed E-state index contributed by atoms with van der Waals surface area (Å²) in [7, 11) is 1.39. The summed E-state index contributed by atoms with van der Waals surface area (Å²) in [6, 6.07) is 6.33. The maximum Gasteiger partial charge on any atom is 0.255 e. The fourth-order valence-corrected chi connectivity index (χ4v) is 3.57. The van der Waals surface area contributed by atoms with Crippen molar-refractivity contribution in [3.63, 3.8) is 0 Å². The number of H-pyrrole nitrogens is 1. The molecule has 1 amide bonds. The summed E-state index contributed by atoms with van der Waals surface area (Å²) in [6.45, 7) is 0.531. The number of carbonyl (C=O) groups excluding carboxylic acids is 1. The van der Waals surface area contributed by atoms with Crippen LogP contribution in [0.15, 0.2) is 36.8 Å². The second kappa shape index (κ2) is 6.59. The van der Waals surface area contributed by atoms with E-state index in [4.69, 9.17) is 4.74 Å². The minimum atomic E-state index is -0.504. The zero-order chi connectivity index (χ0) is 20.0. The molecule has 0 radical (unpaired) electrons. The third kappa shape index (κ3) is 2.68. The Bertz CT molecular complexity index is 1250. The molecule has 1 aliphatic rings. The summed E-state index contributed by atoms with van der Waals surface area (Å²) in [5.74, 6) is -0.231. The normalized spacial score (nSPS) is 13.2. The van der Waals surface area contributed by atoms with Crippen LogP contribution in [0.3, 0.4) is 0 Å². The average Bonchev–Trinajstić information content (AvgIpc) is 3.34. The smallest absolute Gasteiger partial charge is 0.255 e. The number of aromatic amines is 1. The van der Waals surface area contributed by atoms with Crippen molar-refractivity contribution in [1.82, 2.24) is 29.9 Å². The lowest BCUT2D eigenvalue weighted by atomic mass is 10.1. The molecule has 0 saturated heterocycles. The predicted octanol–water partition coefficient (Wildman–Crippen LogP) is 2.30. The summed E-state index contributed by atoms with van der Waals surface area (Å²) in [5.41, 5.74) is 3.44. The number of carbonyl (C=O) groups is 1. The number of fused-ring (bicyclic) bond motifs is 2. The summed E-state index contributed by atoms with van der Waals surface area (Å²) in [4.78, 5) is 24.3. The van der Waals surface area contributed by atoms with Crippen molar-refractivity contribution in [2.75, 3.05) is 19.0 Å². The van der Waals surface area contributed by atoms with E-state index in [9.17, 15) is 9.18 Å². The number of aromatic nitrogens is 5. The Kier molecular flexibility index (Phi) is 3.90. The number of hydrogen-bond acceptors (Lipinski definition) is 6. The van der Waals surface area contributed by atoms with Crippen molar-refractivity contribution in [2.45, 2.75) is 6.42 Å². The van der Waals surface area contributed by atoms with Crippen LogP contribution in [0.2, 0.25) is 0 Å². The van der Waals surface area contributed by atoms with Crippen LogP contribution in [0.4, 0.5) is 15.8 Å². The summed E-state index contributed by atoms with van der Waals surface area (Å²) in [6.07, 6.45) is 3.66. The highest BCUT2D eigenvalue weighted by Gasteiger charge is 2.28. The van der Waals surface area contributed by atoms with Gasteiger partial charge in [0.05, 0.1) is 35.4 Å². The first-order valence-corrected chi connectivity index (χ1v) is 8.95. The van der Waals surface area contributed by atoms with E-state index in [0.29, 0.717) is 47.1 Å². The van der Waals surface area contributed by atoms with Crippen molar-refractivity contribution in [1.29, 1.82) is 0 Å². The van der Waals surface area contributed by atoms with E-state index in [1.165, 1.54) is 19.5 Å². The van der Waals surface area contributed by atoms with Gasteiger partial charge < -0.3 is 20.4 Å². The van der Waals surface area contributed by atoms with Crippen molar-refractivity contribution >= 4 is 23.1 Å². The molecule has 1 aliphatic heterocycles. The Morgan fingerprint density at radius 1 is 1.28 bits per heavy atom. The van der Waals surface area contributed by atoms with Gasteiger partial charge in [-0.1, -0.05) is 6.07 Å². The fourth-order valence-electron chi connectivity index (χ4n) is 3.57. The van der Waals surface area contributed by atoms with Gasteiger partial charge in [0.25, 0.3) is 11.7 Å². The number of nitrogens with zero attached hydrogens (tertiary/aromatic N) is 4. The van der Waals surface area contributed by atoms with Crippen LogP contribution in [0.5, 0.6) is 5.75 Å². The average molecular weight is 393 g/mol. The van der Waals surface area contributed by atoms with Crippen LogP contribution in [-0.4, -0.2) is 44.1 Å². The number of halogens is 1. The fraction of sp³-hybridized carbons (Fsp3) is 0.158. The number of nitrogens with one attached hydrogen (secondary N) is 3. The van der Waals surface area contributed by atoms with Crippen molar-refractivity contribution in [3.05, 3.63) is 53.9 Å². The van der Waals surface area contributed by atoms with Crippen molar-refractivity contribution in [3.8, 4) is 17.1 Å². The minimum absolute atomic E-state index is 0.0604. The van der Waals surface area contributed by atoms with E-state index in [2.05, 4.69) is 30.7 Å². The number of methoxy groups -OCH3 is 1. The zero-order valence-corrected chi connectivity index (χ0v) is 15.4. The lowest BCUT2D eigenvalue weighted by molar-refractivity contribution is 0.0947. The molecular weight excluding hydrogens is 377 g/mol. The molecule has 5 rings (SSSR count). The van der Waals surface area contributed by atoms with Crippen LogP contribution >= 0.6 is 0 Å². The molecule has 1 aromatic carbocycles. The van der Waals surface area contributed by atoms with Gasteiger partial charge in [-0.25, -0.2) is 9.37 Å². The molecule has 10 heteroatoms. The van der Waals surface area contributed by atoms with E-state index in [1.807, 2.05) is 0 Å². The van der Waals surface area contributed by atoms with E-state index >= 15 is 0 Å². The molecular formula is C19H16FN7O2. The maximum absolute atomic E-state index is 14.2. The molecule has 4 heterocycles. The van der Waals surface area contributed by atoms with Crippen molar-refractivity contribution < 1.29 is 13.9 Å². The number of para-hydroxylation sites is 1. The van der Waals surface area contributed by atoms with Crippen LogP contribution in [0.25, 0.3) is 17.2 Å². The highest BCUT2D eigenvalue weighted by Crippen LogP contribution is 2.39. The van der Waals surface area contributed by atoms with Gasteiger partial charge in [0.1, 0.15) is 6.33 Å². The van der Waals surface area contributed by atoms with Gasteiger partial charge in [-0.2, -0.15) is 14.6 Å². The molecule has 9 nitrogen and oxygen atoms in total. The predicted molar refractivity (Wildman–Crippen MR) is 103 cm³/mol. The molecule has 0 unspecified atom stereocenters. The number of rotatable bonds is 4. The molecule has 0 fully saturated rings. The van der Waals surface area contributed by atoms with Crippen molar-refractivity contribution in [2.24, 2.45) is 0 Å². The highest BCUT2D eigenvalue weighted by atomic mass is 19.1. The van der Waals surface area contributed by atoms with Crippen LogP contribution in [0.1, 0.15) is 16.1 Å². The number of ether oxygens (including phenoxy) is 1. The van der Waals surface area contributed by atoms with Crippen LogP contribution in [0, 0.1) is 5.82 Å². The van der Waals surface area contributed by atoms with Gasteiger partial charge in [-0.15, -0.1) is 0 Å². The molecule has 146 valence electrons. The SMILES string of the molecule is COc1c(F)cccc1Nc1c(-c2ccnc3ncnn23)[nH]c2c1C(=O)NCC2. The Labute approximate surface area is 163 Å². The van der Waals surface area contributed by atoms with Gasteiger partial charge in [-0.3, -0.25) is 4.79 Å². The standard InChI is InChI=1S/C19H16FN7O2/c1-29-17-10(20)3-2-4-12(17)26-16-14-11(5-7-21-18(14)28)25-15(16)13-6-8-22-19-23-9-24-27(13)19/h2-4,6,8-9,25-26H,5,7H2,1H3,(H,21,28). The largest absolute Gasteiger partial charge is 0.492 e. The van der Waals surface area contributed by atoms with Gasteiger partial charge in [-0.05, 0) is 18.2 Å². The Morgan fingerprint density at radius 2 is 2.17 bits per heavy atom. The first kappa shape index (κ1) is 17.2. The highest BCUT2D eigenvalue weighted by molar-refractivity contribution is 6.06. The van der Waals surface area contributed by atoms with Gasteiger partial charge in [0.15, 0.2) is 11.6 Å². The topological polar surface area (TPSA) is 109 Å². The van der Waals surface area contributed by atoms with Gasteiger partial charge in [0, 0.05) is 24.9 Å². The second-order valence-electron chi connectivity index (χ2n) is 6.48. The molecule has 0 bridgehead atoms. The molecule has 0 spiro atoms. The summed E-state index contributed by atoms with van der Waals surface area (Å²) in [5, 5.41) is 10.3. The summed E-state index contributed by atoms with van der Waals surface area (Å²) >= 11 is 0. The summed E-state index contributed by atoms with van der Waals surface area (Å²) < 4.78 is 21.0. The number of benzene rings is 1. The molecule has 4 aromatic rings. The van der Waals surface area contributed by atoms with Crippen LogP contribution < -0.4 is 15.4 Å². The number of hydrogen-bond donors (Lipinski definition) is 3. The van der Waals surface area contributed by atoms with Gasteiger partial charge in [0.2, 0.25) is 0 Å². The Hall–Kier alpha value is -3.95. The quantitative estimate of drug-likeness (QED) is 0.491. The second-order valence-corrected chi connectivity index (χ2v) is 6.48. The number of amides is 1. The first-order chi connectivity index (χ1) is 14.2. The molecule has 0 atom stereocenters. The first-order valence-electron chi connectivity index (χ1n) is 8.95. The lowest BCUT2D eigenvalue weighted by Gasteiger charge is -2.16. The van der Waals surface area contributed by atoms with Gasteiger partial charge >= 0.3 is 0 Å². The van der Waals surface area contributed by atoms with E-state index in [-0.39, 0.29) is 11.7 Å². The molecule has 3 aromatic heterocycles. The lowest BCUT2D eigenvalue weighted by Crippen LogP contribution is -2.31. The molecule has 3 N–H and O–H groups in total. The van der Waals surface area contributed by atoms with E-state index in [0.717, 1.165) is 5.69 Å². The third-order valence-corrected chi connectivity index (χ3v) is 4.83. The Balaban J connectivity index is 1.74. The Morgan fingerprint density at radius 3 is 3.03 bits per heavy atom. The van der Waals surface area contributed by atoms with E-state index < -0.39 is 5.82 Å². The van der Waals surface area contributed by atoms with E-state index in [1.54, 1.807) is 28.9 Å². The third-order valence-electron chi connectivity index (χ3n) is 4.83. The molecule has 0 aliphatic carbocycles.